The van der Waals surface area contributed by atoms with Crippen molar-refractivity contribution in [2.24, 2.45) is 4.99 Å². The Morgan fingerprint density at radius 1 is 1.50 bits per heavy atom. The standard InChI is InChI=1S/C8H13N3S/c1-5-6(2)12-8(10-5)11-7(3)9-4/h1-4H3,(H,9,10,11). The molecule has 0 spiro atoms. The summed E-state index contributed by atoms with van der Waals surface area (Å²) in [6.45, 7) is 6.00. The second-order valence-corrected chi connectivity index (χ2v) is 3.80. The number of hydrogen-bond donors (Lipinski definition) is 1. The molecule has 0 atom stereocenters. The van der Waals surface area contributed by atoms with E-state index in [-0.39, 0.29) is 0 Å². The van der Waals surface area contributed by atoms with Gasteiger partial charge in [0.25, 0.3) is 0 Å². The Bertz CT molecular complexity index is 282. The highest BCUT2D eigenvalue weighted by Crippen LogP contribution is 2.20. The number of rotatable bonds is 1. The highest BCUT2D eigenvalue weighted by molar-refractivity contribution is 7.15. The summed E-state index contributed by atoms with van der Waals surface area (Å²) < 4.78 is 0. The van der Waals surface area contributed by atoms with E-state index in [1.54, 1.807) is 18.4 Å². The molecule has 1 heterocycles. The van der Waals surface area contributed by atoms with E-state index in [0.29, 0.717) is 0 Å². The van der Waals surface area contributed by atoms with Crippen LogP contribution in [0.5, 0.6) is 0 Å². The molecule has 0 aliphatic heterocycles. The van der Waals surface area contributed by atoms with Crippen molar-refractivity contribution in [3.63, 3.8) is 0 Å². The lowest BCUT2D eigenvalue weighted by molar-refractivity contribution is 1.23. The molecular weight excluding hydrogens is 170 g/mol. The smallest absolute Gasteiger partial charge is 0.188 e. The summed E-state index contributed by atoms with van der Waals surface area (Å²) in [5, 5.41) is 4.03. The molecular formula is C8H13N3S. The minimum atomic E-state index is 0.892. The molecule has 66 valence electrons. The first-order valence-corrected chi connectivity index (χ1v) is 4.59. The van der Waals surface area contributed by atoms with Crippen LogP contribution in [0.2, 0.25) is 0 Å². The van der Waals surface area contributed by atoms with Crippen LogP contribution in [-0.2, 0) is 0 Å². The third-order valence-corrected chi connectivity index (χ3v) is 2.64. The van der Waals surface area contributed by atoms with E-state index >= 15 is 0 Å². The van der Waals surface area contributed by atoms with Crippen LogP contribution < -0.4 is 5.32 Å². The summed E-state index contributed by atoms with van der Waals surface area (Å²) in [5.41, 5.74) is 1.09. The molecule has 0 unspecified atom stereocenters. The Kier molecular flexibility index (Phi) is 2.81. The fourth-order valence-electron chi connectivity index (χ4n) is 0.737. The Balaban J connectivity index is 2.77. The van der Waals surface area contributed by atoms with Crippen LogP contribution in [0.25, 0.3) is 0 Å². The van der Waals surface area contributed by atoms with Gasteiger partial charge in [0.2, 0.25) is 0 Å². The Morgan fingerprint density at radius 2 is 2.17 bits per heavy atom. The Hall–Kier alpha value is -0.900. The van der Waals surface area contributed by atoms with E-state index in [2.05, 4.69) is 22.2 Å². The summed E-state index contributed by atoms with van der Waals surface area (Å²) >= 11 is 1.65. The van der Waals surface area contributed by atoms with Crippen LogP contribution in [0.4, 0.5) is 5.13 Å². The molecule has 1 N–H and O–H groups in total. The highest BCUT2D eigenvalue weighted by Gasteiger charge is 2.02. The maximum Gasteiger partial charge on any atom is 0.188 e. The molecule has 0 amide bonds. The van der Waals surface area contributed by atoms with Crippen molar-refractivity contribution in [3.05, 3.63) is 10.6 Å². The number of amidine groups is 1. The lowest BCUT2D eigenvalue weighted by atomic mass is 10.4. The zero-order valence-corrected chi connectivity index (χ0v) is 8.62. The van der Waals surface area contributed by atoms with E-state index in [9.17, 15) is 0 Å². The second kappa shape index (κ2) is 3.67. The highest BCUT2D eigenvalue weighted by atomic mass is 32.1. The van der Waals surface area contributed by atoms with Gasteiger partial charge in [-0.3, -0.25) is 4.99 Å². The van der Waals surface area contributed by atoms with Gasteiger partial charge in [0.15, 0.2) is 5.13 Å². The molecule has 4 heteroatoms. The molecule has 1 aromatic heterocycles. The monoisotopic (exact) mass is 183 g/mol. The maximum absolute atomic E-state index is 4.32. The van der Waals surface area contributed by atoms with Crippen LogP contribution in [0.3, 0.4) is 0 Å². The van der Waals surface area contributed by atoms with Crippen LogP contribution in [0.15, 0.2) is 4.99 Å². The second-order valence-electron chi connectivity index (χ2n) is 2.59. The number of nitrogens with one attached hydrogen (secondary N) is 1. The summed E-state index contributed by atoms with van der Waals surface area (Å²) in [6, 6.07) is 0. The molecule has 0 aliphatic carbocycles. The predicted octanol–water partition coefficient (Wildman–Crippen LogP) is 2.22. The first-order chi connectivity index (χ1) is 5.63. The third kappa shape index (κ3) is 2.04. The summed E-state index contributed by atoms with van der Waals surface area (Å²) in [7, 11) is 1.76. The Labute approximate surface area is 76.6 Å². The van der Waals surface area contributed by atoms with Gasteiger partial charge in [-0.05, 0) is 20.8 Å². The minimum absolute atomic E-state index is 0.892. The largest absolute Gasteiger partial charge is 0.320 e. The van der Waals surface area contributed by atoms with Crippen molar-refractivity contribution in [1.82, 2.24) is 4.98 Å². The van der Waals surface area contributed by atoms with Gasteiger partial charge in [0.05, 0.1) is 11.5 Å². The molecule has 0 bridgehead atoms. The van der Waals surface area contributed by atoms with Crippen molar-refractivity contribution in [2.45, 2.75) is 20.8 Å². The predicted molar refractivity (Wildman–Crippen MR) is 54.2 cm³/mol. The molecule has 12 heavy (non-hydrogen) atoms. The summed E-state index contributed by atoms with van der Waals surface area (Å²) in [6.07, 6.45) is 0. The van der Waals surface area contributed by atoms with Gasteiger partial charge >= 0.3 is 0 Å². The van der Waals surface area contributed by atoms with E-state index in [1.807, 2.05) is 13.8 Å². The first-order valence-electron chi connectivity index (χ1n) is 3.78. The maximum atomic E-state index is 4.32. The van der Waals surface area contributed by atoms with Crippen LogP contribution in [-0.4, -0.2) is 17.9 Å². The number of aromatic nitrogens is 1. The molecule has 0 aliphatic rings. The molecule has 1 aromatic rings. The average molecular weight is 183 g/mol. The number of hydrogen-bond acceptors (Lipinski definition) is 3. The fraction of sp³-hybridized carbons (Fsp3) is 0.500. The lowest BCUT2D eigenvalue weighted by Crippen LogP contribution is -2.05. The molecule has 0 fully saturated rings. The topological polar surface area (TPSA) is 37.3 Å². The van der Waals surface area contributed by atoms with E-state index in [4.69, 9.17) is 0 Å². The summed E-state index contributed by atoms with van der Waals surface area (Å²) in [4.78, 5) is 9.57. The number of aliphatic imine (C=N–C) groups is 1. The molecule has 0 saturated heterocycles. The van der Waals surface area contributed by atoms with Gasteiger partial charge in [0.1, 0.15) is 0 Å². The number of aryl methyl sites for hydroxylation is 2. The molecule has 3 nitrogen and oxygen atoms in total. The zero-order valence-electron chi connectivity index (χ0n) is 7.80. The van der Waals surface area contributed by atoms with E-state index in [0.717, 1.165) is 16.7 Å². The lowest BCUT2D eigenvalue weighted by Gasteiger charge is -1.97. The number of thiazole rings is 1. The van der Waals surface area contributed by atoms with Crippen LogP contribution >= 0.6 is 11.3 Å². The first kappa shape index (κ1) is 9.19. The van der Waals surface area contributed by atoms with Gasteiger partial charge in [0, 0.05) is 11.9 Å². The van der Waals surface area contributed by atoms with E-state index in [1.165, 1.54) is 4.88 Å². The minimum Gasteiger partial charge on any atom is -0.320 e. The van der Waals surface area contributed by atoms with Crippen LogP contribution in [0.1, 0.15) is 17.5 Å². The van der Waals surface area contributed by atoms with Gasteiger partial charge < -0.3 is 5.32 Å². The molecule has 1 rings (SSSR count). The van der Waals surface area contributed by atoms with Crippen molar-refractivity contribution in [3.8, 4) is 0 Å². The van der Waals surface area contributed by atoms with Crippen molar-refractivity contribution in [2.75, 3.05) is 12.4 Å². The number of anilines is 1. The molecule has 0 aromatic carbocycles. The van der Waals surface area contributed by atoms with Crippen LogP contribution in [0, 0.1) is 13.8 Å². The van der Waals surface area contributed by atoms with Crippen molar-refractivity contribution >= 4 is 22.3 Å². The fourth-order valence-corrected chi connectivity index (χ4v) is 1.60. The van der Waals surface area contributed by atoms with Crippen molar-refractivity contribution in [1.29, 1.82) is 0 Å². The molecule has 0 radical (unpaired) electrons. The van der Waals surface area contributed by atoms with Gasteiger partial charge in [-0.1, -0.05) is 0 Å². The van der Waals surface area contributed by atoms with Crippen molar-refractivity contribution < 1.29 is 0 Å². The SMILES string of the molecule is CN=C(C)Nc1nc(C)c(C)s1. The quantitative estimate of drug-likeness (QED) is 0.535. The van der Waals surface area contributed by atoms with Gasteiger partial charge in [-0.25, -0.2) is 4.98 Å². The Morgan fingerprint density at radius 3 is 2.58 bits per heavy atom. The average Bonchev–Trinajstić information content (AvgIpc) is 2.31. The van der Waals surface area contributed by atoms with Gasteiger partial charge in [-0.2, -0.15) is 0 Å². The zero-order chi connectivity index (χ0) is 9.14. The van der Waals surface area contributed by atoms with Gasteiger partial charge in [-0.15, -0.1) is 11.3 Å². The number of nitrogens with zero attached hydrogens (tertiary/aromatic N) is 2. The van der Waals surface area contributed by atoms with E-state index < -0.39 is 0 Å². The molecule has 0 saturated carbocycles. The normalized spacial score (nSPS) is 11.8. The summed E-state index contributed by atoms with van der Waals surface area (Å²) in [5.74, 6) is 0.892. The third-order valence-electron chi connectivity index (χ3n) is 1.65.